The van der Waals surface area contributed by atoms with Crippen molar-refractivity contribution in [2.24, 2.45) is 4.99 Å². The fourth-order valence-electron chi connectivity index (χ4n) is 4.34. The fraction of sp³-hybridized carbons (Fsp3) is 0.172. The molecule has 1 atom stereocenters. The van der Waals surface area contributed by atoms with Crippen LogP contribution in [-0.2, 0) is 9.53 Å². The molecular weight excluding hydrogens is 524 g/mol. The molecule has 38 heavy (non-hydrogen) atoms. The van der Waals surface area contributed by atoms with E-state index in [1.165, 1.54) is 22.8 Å². The summed E-state index contributed by atoms with van der Waals surface area (Å²) in [6, 6.07) is 17.0. The van der Waals surface area contributed by atoms with Crippen molar-refractivity contribution in [3.8, 4) is 11.3 Å². The van der Waals surface area contributed by atoms with Crippen LogP contribution in [0.4, 0.5) is 0 Å². The number of ketones is 1. The van der Waals surface area contributed by atoms with Gasteiger partial charge in [-0.3, -0.25) is 14.2 Å². The van der Waals surface area contributed by atoms with Crippen LogP contribution < -0.4 is 14.9 Å². The summed E-state index contributed by atoms with van der Waals surface area (Å²) in [4.78, 5) is 43.2. The molecule has 4 aromatic rings. The topological polar surface area (TPSA) is 90.9 Å². The minimum atomic E-state index is -0.711. The van der Waals surface area contributed by atoms with Crippen LogP contribution in [0, 0.1) is 0 Å². The van der Waals surface area contributed by atoms with E-state index in [9.17, 15) is 14.4 Å². The Morgan fingerprint density at radius 3 is 2.47 bits per heavy atom. The molecule has 0 amide bonds. The quantitative estimate of drug-likeness (QED) is 0.253. The van der Waals surface area contributed by atoms with Crippen molar-refractivity contribution in [1.82, 2.24) is 4.57 Å². The number of hydrogen-bond acceptors (Lipinski definition) is 7. The largest absolute Gasteiger partial charge is 0.463 e. The number of benzene rings is 2. The van der Waals surface area contributed by atoms with E-state index in [1.54, 1.807) is 62.4 Å². The third-order valence-corrected chi connectivity index (χ3v) is 7.41. The molecule has 0 spiro atoms. The summed E-state index contributed by atoms with van der Waals surface area (Å²) in [5.74, 6) is 0.573. The maximum Gasteiger partial charge on any atom is 0.338 e. The first-order chi connectivity index (χ1) is 18.3. The number of carbonyl (C=O) groups excluding carboxylic acids is 2. The number of rotatable bonds is 6. The van der Waals surface area contributed by atoms with Crippen molar-refractivity contribution in [1.29, 1.82) is 0 Å². The van der Waals surface area contributed by atoms with Gasteiger partial charge in [0.25, 0.3) is 5.56 Å². The summed E-state index contributed by atoms with van der Waals surface area (Å²) in [7, 11) is 0. The van der Waals surface area contributed by atoms with Crippen LogP contribution in [0.25, 0.3) is 17.4 Å². The lowest BCUT2D eigenvalue weighted by Gasteiger charge is -2.24. The highest BCUT2D eigenvalue weighted by molar-refractivity contribution is 7.07. The van der Waals surface area contributed by atoms with Crippen molar-refractivity contribution < 1.29 is 18.7 Å². The van der Waals surface area contributed by atoms with Crippen molar-refractivity contribution in [2.45, 2.75) is 26.8 Å². The standard InChI is InChI=1S/C29H23ClN2O5S/c1-4-36-28(35)25-16(2)31-29-32(26(25)20-9-11-21(30)12-10-20)27(34)24(38-29)15-22-13-14-23(37-22)19-7-5-18(6-8-19)17(3)33/h5-15,26H,4H2,1-3H3/b24-15-/t26-/m1/s1. The van der Waals surface area contributed by atoms with Crippen LogP contribution in [0.3, 0.4) is 0 Å². The van der Waals surface area contributed by atoms with Crippen LogP contribution in [-0.4, -0.2) is 22.9 Å². The van der Waals surface area contributed by atoms with Gasteiger partial charge in [-0.2, -0.15) is 0 Å². The maximum absolute atomic E-state index is 13.7. The van der Waals surface area contributed by atoms with Crippen molar-refractivity contribution in [3.05, 3.63) is 114 Å². The number of nitrogens with zero attached hydrogens (tertiary/aromatic N) is 2. The van der Waals surface area contributed by atoms with E-state index in [1.807, 2.05) is 18.2 Å². The lowest BCUT2D eigenvalue weighted by Crippen LogP contribution is -2.39. The third kappa shape index (κ3) is 4.80. The number of carbonyl (C=O) groups is 2. The first kappa shape index (κ1) is 25.6. The van der Waals surface area contributed by atoms with Gasteiger partial charge in [-0.25, -0.2) is 9.79 Å². The molecule has 0 radical (unpaired) electrons. The average Bonchev–Trinajstić information content (AvgIpc) is 3.48. The Hall–Kier alpha value is -4.01. The van der Waals surface area contributed by atoms with E-state index in [0.29, 0.717) is 48.3 Å². The molecule has 0 N–H and O–H groups in total. The Morgan fingerprint density at radius 1 is 1.11 bits per heavy atom. The van der Waals surface area contributed by atoms with Gasteiger partial charge in [0.2, 0.25) is 0 Å². The van der Waals surface area contributed by atoms with Crippen molar-refractivity contribution in [2.75, 3.05) is 6.61 Å². The summed E-state index contributed by atoms with van der Waals surface area (Å²) in [6.45, 7) is 5.19. The smallest absolute Gasteiger partial charge is 0.338 e. The van der Waals surface area contributed by atoms with Gasteiger partial charge in [-0.05, 0) is 50.6 Å². The number of thiazole rings is 1. The number of halogens is 1. The molecule has 2 aromatic heterocycles. The minimum Gasteiger partial charge on any atom is -0.463 e. The highest BCUT2D eigenvalue weighted by Crippen LogP contribution is 2.31. The zero-order chi connectivity index (χ0) is 27.0. The third-order valence-electron chi connectivity index (χ3n) is 6.18. The van der Waals surface area contributed by atoms with Gasteiger partial charge >= 0.3 is 5.97 Å². The van der Waals surface area contributed by atoms with Gasteiger partial charge in [0.15, 0.2) is 10.6 Å². The number of ether oxygens (including phenoxy) is 1. The zero-order valence-corrected chi connectivity index (χ0v) is 22.4. The van der Waals surface area contributed by atoms with E-state index in [2.05, 4.69) is 4.99 Å². The van der Waals surface area contributed by atoms with Crippen LogP contribution in [0.2, 0.25) is 5.02 Å². The normalized spacial score (nSPS) is 15.3. The van der Waals surface area contributed by atoms with Crippen molar-refractivity contribution >= 4 is 40.8 Å². The van der Waals surface area contributed by atoms with E-state index >= 15 is 0 Å². The van der Waals surface area contributed by atoms with Gasteiger partial charge in [-0.15, -0.1) is 0 Å². The van der Waals surface area contributed by atoms with Gasteiger partial charge in [0, 0.05) is 22.2 Å². The first-order valence-corrected chi connectivity index (χ1v) is 13.1. The number of furan rings is 1. The second-order valence-electron chi connectivity index (χ2n) is 8.69. The lowest BCUT2D eigenvalue weighted by molar-refractivity contribution is -0.139. The highest BCUT2D eigenvalue weighted by atomic mass is 35.5. The predicted molar refractivity (Wildman–Crippen MR) is 146 cm³/mol. The molecule has 3 heterocycles. The summed E-state index contributed by atoms with van der Waals surface area (Å²) in [5, 5.41) is 0.545. The van der Waals surface area contributed by atoms with E-state index in [-0.39, 0.29) is 17.9 Å². The summed E-state index contributed by atoms with van der Waals surface area (Å²) in [5.41, 5.74) is 2.65. The number of Topliss-reactive ketones (excluding diaryl/α,β-unsaturated/α-hetero) is 1. The molecule has 0 unspecified atom stereocenters. The Kier molecular flexibility index (Phi) is 7.01. The first-order valence-electron chi connectivity index (χ1n) is 11.9. The Morgan fingerprint density at radius 2 is 1.82 bits per heavy atom. The SMILES string of the molecule is CCOC(=O)C1=C(C)N=c2s/c(=C\c3ccc(-c4ccc(C(C)=O)cc4)o3)c(=O)n2[C@@H]1c1ccc(Cl)cc1. The number of esters is 1. The monoisotopic (exact) mass is 546 g/mol. The van der Waals surface area contributed by atoms with E-state index in [4.69, 9.17) is 20.8 Å². The Bertz CT molecular complexity index is 1760. The molecule has 0 bridgehead atoms. The maximum atomic E-state index is 13.7. The average molecular weight is 547 g/mol. The molecule has 1 aliphatic rings. The van der Waals surface area contributed by atoms with Gasteiger partial charge < -0.3 is 9.15 Å². The number of allylic oxidation sites excluding steroid dienone is 1. The summed E-state index contributed by atoms with van der Waals surface area (Å²) in [6.07, 6.45) is 1.67. The molecular formula is C29H23ClN2O5S. The summed E-state index contributed by atoms with van der Waals surface area (Å²) < 4.78 is 13.2. The van der Waals surface area contributed by atoms with Gasteiger partial charge in [0.1, 0.15) is 11.5 Å². The second-order valence-corrected chi connectivity index (χ2v) is 10.1. The molecule has 7 nitrogen and oxygen atoms in total. The molecule has 1 aliphatic heterocycles. The van der Waals surface area contributed by atoms with Crippen molar-refractivity contribution in [3.63, 3.8) is 0 Å². The Labute approximate surface area is 227 Å². The lowest BCUT2D eigenvalue weighted by atomic mass is 9.96. The molecule has 0 fully saturated rings. The number of aromatic nitrogens is 1. The van der Waals surface area contributed by atoms with Gasteiger partial charge in [0.05, 0.1) is 28.5 Å². The molecule has 2 aromatic carbocycles. The van der Waals surface area contributed by atoms with Crippen LogP contribution >= 0.6 is 22.9 Å². The molecule has 5 rings (SSSR count). The zero-order valence-electron chi connectivity index (χ0n) is 20.9. The number of hydrogen-bond donors (Lipinski definition) is 0. The van der Waals surface area contributed by atoms with Crippen LogP contribution in [0.1, 0.15) is 48.5 Å². The molecule has 0 saturated carbocycles. The minimum absolute atomic E-state index is 0.00897. The molecule has 192 valence electrons. The molecule has 9 heteroatoms. The van der Waals surface area contributed by atoms with Crippen LogP contribution in [0.15, 0.2) is 86.1 Å². The highest BCUT2D eigenvalue weighted by Gasteiger charge is 2.33. The van der Waals surface area contributed by atoms with Gasteiger partial charge in [-0.1, -0.05) is 59.3 Å². The van der Waals surface area contributed by atoms with E-state index < -0.39 is 12.0 Å². The Balaban J connectivity index is 1.59. The van der Waals surface area contributed by atoms with Crippen LogP contribution in [0.5, 0.6) is 0 Å². The fourth-order valence-corrected chi connectivity index (χ4v) is 5.49. The molecule has 0 saturated heterocycles. The molecule has 0 aliphatic carbocycles. The number of fused-ring (bicyclic) bond motifs is 1. The summed E-state index contributed by atoms with van der Waals surface area (Å²) >= 11 is 7.32. The predicted octanol–water partition coefficient (Wildman–Crippen LogP) is 4.91. The second kappa shape index (κ2) is 10.4. The van der Waals surface area contributed by atoms with E-state index in [0.717, 1.165) is 5.56 Å².